The molecule has 1 aromatic carbocycles. The minimum absolute atomic E-state index is 0.307. The Labute approximate surface area is 127 Å². The first-order valence-corrected chi connectivity index (χ1v) is 7.98. The summed E-state index contributed by atoms with van der Waals surface area (Å²) >= 11 is 0. The van der Waals surface area contributed by atoms with Crippen molar-refractivity contribution >= 4 is 0 Å². The van der Waals surface area contributed by atoms with Crippen LogP contribution in [0.25, 0.3) is 0 Å². The van der Waals surface area contributed by atoms with Gasteiger partial charge in [-0.3, -0.25) is 4.90 Å². The quantitative estimate of drug-likeness (QED) is 0.711. The van der Waals surface area contributed by atoms with E-state index in [1.165, 1.54) is 5.56 Å². The maximum atomic E-state index is 9.67. The summed E-state index contributed by atoms with van der Waals surface area (Å²) in [6, 6.07) is 10.8. The number of aliphatic hydroxyl groups is 2. The van der Waals surface area contributed by atoms with Gasteiger partial charge >= 0.3 is 0 Å². The van der Waals surface area contributed by atoms with Crippen molar-refractivity contribution in [3.8, 4) is 0 Å². The lowest BCUT2D eigenvalue weighted by molar-refractivity contribution is 0.0572. The molecule has 0 spiro atoms. The number of hydrogen-bond acceptors (Lipinski definition) is 4. The van der Waals surface area contributed by atoms with Gasteiger partial charge in [0.2, 0.25) is 0 Å². The molecule has 118 valence electrons. The van der Waals surface area contributed by atoms with Gasteiger partial charge in [-0.2, -0.15) is 0 Å². The van der Waals surface area contributed by atoms with Crippen LogP contribution in [0.2, 0.25) is 0 Å². The average molecular weight is 292 g/mol. The van der Waals surface area contributed by atoms with E-state index in [4.69, 9.17) is 0 Å². The molecule has 0 radical (unpaired) electrons. The minimum Gasteiger partial charge on any atom is -0.389 e. The van der Waals surface area contributed by atoms with Gasteiger partial charge in [-0.25, -0.2) is 0 Å². The highest BCUT2D eigenvalue weighted by Crippen LogP contribution is 2.24. The Balaban J connectivity index is 1.99. The van der Waals surface area contributed by atoms with E-state index in [2.05, 4.69) is 48.3 Å². The SMILES string of the molecule is CCCNC(c1ccccc1)C(C)CN1CC(O)C(O)C1. The summed E-state index contributed by atoms with van der Waals surface area (Å²) in [4.78, 5) is 2.16. The van der Waals surface area contributed by atoms with Crippen molar-refractivity contribution in [1.29, 1.82) is 0 Å². The van der Waals surface area contributed by atoms with Crippen molar-refractivity contribution < 1.29 is 10.2 Å². The van der Waals surface area contributed by atoms with E-state index in [1.807, 2.05) is 6.07 Å². The molecular weight excluding hydrogens is 264 g/mol. The van der Waals surface area contributed by atoms with Gasteiger partial charge < -0.3 is 15.5 Å². The molecule has 0 saturated carbocycles. The standard InChI is InChI=1S/C17H28N2O2/c1-3-9-18-17(14-7-5-4-6-8-14)13(2)10-19-11-15(20)16(21)12-19/h4-8,13,15-18,20-21H,3,9-12H2,1-2H3. The fourth-order valence-electron chi connectivity index (χ4n) is 3.12. The number of hydrogen-bond donors (Lipinski definition) is 3. The molecule has 4 nitrogen and oxygen atoms in total. The highest BCUT2D eigenvalue weighted by molar-refractivity contribution is 5.19. The topological polar surface area (TPSA) is 55.7 Å². The first-order valence-electron chi connectivity index (χ1n) is 7.98. The normalized spacial score (nSPS) is 25.9. The van der Waals surface area contributed by atoms with E-state index < -0.39 is 12.2 Å². The number of nitrogens with one attached hydrogen (secondary N) is 1. The molecule has 0 aliphatic carbocycles. The van der Waals surface area contributed by atoms with Gasteiger partial charge in [0.25, 0.3) is 0 Å². The van der Waals surface area contributed by atoms with Crippen LogP contribution in [0.5, 0.6) is 0 Å². The molecule has 4 unspecified atom stereocenters. The zero-order valence-corrected chi connectivity index (χ0v) is 13.1. The van der Waals surface area contributed by atoms with E-state index in [0.29, 0.717) is 25.0 Å². The lowest BCUT2D eigenvalue weighted by Crippen LogP contribution is -2.35. The molecule has 1 saturated heterocycles. The fraction of sp³-hybridized carbons (Fsp3) is 0.647. The van der Waals surface area contributed by atoms with Crippen LogP contribution in [-0.2, 0) is 0 Å². The Hall–Kier alpha value is -0.940. The lowest BCUT2D eigenvalue weighted by Gasteiger charge is -2.29. The molecule has 0 aromatic heterocycles. The van der Waals surface area contributed by atoms with Gasteiger partial charge in [0, 0.05) is 25.7 Å². The second-order valence-electron chi connectivity index (χ2n) is 6.17. The third kappa shape index (κ3) is 4.51. The highest BCUT2D eigenvalue weighted by Gasteiger charge is 2.31. The molecule has 1 heterocycles. The first kappa shape index (κ1) is 16.4. The van der Waals surface area contributed by atoms with Gasteiger partial charge in [-0.15, -0.1) is 0 Å². The van der Waals surface area contributed by atoms with Crippen LogP contribution >= 0.6 is 0 Å². The van der Waals surface area contributed by atoms with Crippen molar-refractivity contribution in [2.75, 3.05) is 26.2 Å². The fourth-order valence-corrected chi connectivity index (χ4v) is 3.12. The molecule has 3 N–H and O–H groups in total. The van der Waals surface area contributed by atoms with Crippen molar-refractivity contribution in [3.05, 3.63) is 35.9 Å². The highest BCUT2D eigenvalue weighted by atomic mass is 16.3. The molecular formula is C17H28N2O2. The number of aliphatic hydroxyl groups excluding tert-OH is 2. The molecule has 1 aromatic rings. The van der Waals surface area contributed by atoms with Crippen molar-refractivity contribution in [2.45, 2.75) is 38.5 Å². The van der Waals surface area contributed by atoms with Gasteiger partial charge in [0.1, 0.15) is 0 Å². The van der Waals surface area contributed by atoms with Crippen LogP contribution in [0.3, 0.4) is 0 Å². The molecule has 1 fully saturated rings. The zero-order valence-electron chi connectivity index (χ0n) is 13.1. The van der Waals surface area contributed by atoms with Crippen LogP contribution in [0.1, 0.15) is 31.9 Å². The van der Waals surface area contributed by atoms with Gasteiger partial charge in [0.05, 0.1) is 12.2 Å². The molecule has 4 heteroatoms. The van der Waals surface area contributed by atoms with Crippen molar-refractivity contribution in [3.63, 3.8) is 0 Å². The molecule has 0 amide bonds. The summed E-state index contributed by atoms with van der Waals surface area (Å²) in [6.45, 7) is 7.42. The van der Waals surface area contributed by atoms with E-state index >= 15 is 0 Å². The summed E-state index contributed by atoms with van der Waals surface area (Å²) in [5, 5.41) is 23.0. The van der Waals surface area contributed by atoms with E-state index in [0.717, 1.165) is 19.5 Å². The number of benzene rings is 1. The Morgan fingerprint density at radius 3 is 2.38 bits per heavy atom. The monoisotopic (exact) mass is 292 g/mol. The summed E-state index contributed by atoms with van der Waals surface area (Å²) in [7, 11) is 0. The first-order chi connectivity index (χ1) is 10.1. The summed E-state index contributed by atoms with van der Waals surface area (Å²) in [5.41, 5.74) is 1.30. The molecule has 1 aliphatic heterocycles. The van der Waals surface area contributed by atoms with Crippen molar-refractivity contribution in [2.24, 2.45) is 5.92 Å². The number of β-amino-alcohol motifs (C(OH)–C–C–N with tert-alkyl or cyclic N) is 2. The third-order valence-corrected chi connectivity index (χ3v) is 4.22. The maximum absolute atomic E-state index is 9.67. The minimum atomic E-state index is -0.601. The Morgan fingerprint density at radius 2 is 1.81 bits per heavy atom. The predicted molar refractivity (Wildman–Crippen MR) is 85.1 cm³/mol. The second kappa shape index (κ2) is 7.90. The van der Waals surface area contributed by atoms with Crippen molar-refractivity contribution in [1.82, 2.24) is 10.2 Å². The van der Waals surface area contributed by atoms with Crippen LogP contribution in [-0.4, -0.2) is 53.5 Å². The summed E-state index contributed by atoms with van der Waals surface area (Å²) in [6.07, 6.45) is -0.0936. The molecule has 4 atom stereocenters. The smallest absolute Gasteiger partial charge is 0.0938 e. The predicted octanol–water partition coefficient (Wildman–Crippen LogP) is 1.40. The summed E-state index contributed by atoms with van der Waals surface area (Å²) in [5.74, 6) is 0.413. The molecule has 2 rings (SSSR count). The van der Waals surface area contributed by atoms with Gasteiger partial charge in [-0.1, -0.05) is 44.2 Å². The van der Waals surface area contributed by atoms with Crippen LogP contribution < -0.4 is 5.32 Å². The van der Waals surface area contributed by atoms with Gasteiger partial charge in [0.15, 0.2) is 0 Å². The lowest BCUT2D eigenvalue weighted by atomic mass is 9.94. The van der Waals surface area contributed by atoms with Gasteiger partial charge in [-0.05, 0) is 24.4 Å². The van der Waals surface area contributed by atoms with E-state index in [-0.39, 0.29) is 0 Å². The Kier molecular flexibility index (Phi) is 6.18. The third-order valence-electron chi connectivity index (χ3n) is 4.22. The molecule has 1 aliphatic rings. The molecule has 0 bridgehead atoms. The van der Waals surface area contributed by atoms with E-state index in [1.54, 1.807) is 0 Å². The van der Waals surface area contributed by atoms with E-state index in [9.17, 15) is 10.2 Å². The van der Waals surface area contributed by atoms with Crippen LogP contribution in [0.15, 0.2) is 30.3 Å². The number of nitrogens with zero attached hydrogens (tertiary/aromatic N) is 1. The number of likely N-dealkylation sites (tertiary alicyclic amines) is 1. The zero-order chi connectivity index (χ0) is 15.2. The van der Waals surface area contributed by atoms with Crippen LogP contribution in [0, 0.1) is 5.92 Å². The maximum Gasteiger partial charge on any atom is 0.0938 e. The second-order valence-corrected chi connectivity index (χ2v) is 6.17. The Bertz CT molecular complexity index is 403. The largest absolute Gasteiger partial charge is 0.389 e. The Morgan fingerprint density at radius 1 is 1.19 bits per heavy atom. The van der Waals surface area contributed by atoms with Crippen LogP contribution in [0.4, 0.5) is 0 Å². The summed E-state index contributed by atoms with van der Waals surface area (Å²) < 4.78 is 0. The molecule has 21 heavy (non-hydrogen) atoms. The number of rotatable bonds is 7. The average Bonchev–Trinajstić information content (AvgIpc) is 2.78.